The smallest absolute Gasteiger partial charge is 0.308 e. The Morgan fingerprint density at radius 3 is 2.81 bits per heavy atom. The monoisotopic (exact) mass is 376 g/mol. The molecule has 136 valence electrons. The van der Waals surface area contributed by atoms with Crippen LogP contribution < -0.4 is 20.1 Å². The summed E-state index contributed by atoms with van der Waals surface area (Å²) in [4.78, 5) is 35.7. The molecule has 0 bridgehead atoms. The summed E-state index contributed by atoms with van der Waals surface area (Å²) in [5, 5.41) is 7.01. The van der Waals surface area contributed by atoms with Crippen molar-refractivity contribution in [2.45, 2.75) is 6.42 Å². The van der Waals surface area contributed by atoms with Gasteiger partial charge in [0.25, 0.3) is 11.8 Å². The zero-order valence-electron chi connectivity index (χ0n) is 13.7. The summed E-state index contributed by atoms with van der Waals surface area (Å²) in [6, 6.07) is 8.43. The number of hydrogen-bond donors (Lipinski definition) is 2. The Hall–Kier alpha value is -3.07. The van der Waals surface area contributed by atoms with Crippen LogP contribution in [-0.2, 0) is 14.3 Å². The first kappa shape index (κ1) is 17.7. The van der Waals surface area contributed by atoms with Gasteiger partial charge in [0.05, 0.1) is 11.3 Å². The molecule has 2 N–H and O–H groups in total. The van der Waals surface area contributed by atoms with Crippen LogP contribution in [0.15, 0.2) is 35.7 Å². The summed E-state index contributed by atoms with van der Waals surface area (Å²) in [5.74, 6) is -0.134. The number of carbonyl (C=O) groups excluding carboxylic acids is 3. The molecular weight excluding hydrogens is 360 g/mol. The Balaban J connectivity index is 1.35. The van der Waals surface area contributed by atoms with E-state index < -0.39 is 18.5 Å². The van der Waals surface area contributed by atoms with Crippen molar-refractivity contribution in [3.63, 3.8) is 0 Å². The molecule has 9 heteroatoms. The number of hydrogen-bond acceptors (Lipinski definition) is 7. The van der Waals surface area contributed by atoms with Crippen molar-refractivity contribution < 1.29 is 28.6 Å². The molecule has 2 aromatic rings. The SMILES string of the molecule is O=C(COC(=O)CCNC(=O)c1cccs1)Nc1ccc2c(c1)OCO2. The maximum Gasteiger partial charge on any atom is 0.308 e. The molecule has 1 aliphatic heterocycles. The summed E-state index contributed by atoms with van der Waals surface area (Å²) in [5.41, 5.74) is 0.513. The van der Waals surface area contributed by atoms with Gasteiger partial charge in [-0.3, -0.25) is 14.4 Å². The number of esters is 1. The molecule has 1 aliphatic rings. The highest BCUT2D eigenvalue weighted by atomic mass is 32.1. The first-order chi connectivity index (χ1) is 12.6. The van der Waals surface area contributed by atoms with E-state index in [1.807, 2.05) is 0 Å². The molecule has 0 saturated heterocycles. The summed E-state index contributed by atoms with van der Waals surface area (Å²) in [7, 11) is 0. The standard InChI is InChI=1S/C17H16N2O6S/c20-15(19-11-3-4-12-13(8-11)25-10-24-12)9-23-16(21)5-6-18-17(22)14-2-1-7-26-14/h1-4,7-8H,5-6,9-10H2,(H,18,22)(H,19,20). The molecule has 0 aliphatic carbocycles. The summed E-state index contributed by atoms with van der Waals surface area (Å²) in [6.07, 6.45) is -0.0194. The lowest BCUT2D eigenvalue weighted by Gasteiger charge is -2.07. The molecule has 26 heavy (non-hydrogen) atoms. The van der Waals surface area contributed by atoms with Crippen molar-refractivity contribution in [3.8, 4) is 11.5 Å². The number of nitrogens with one attached hydrogen (secondary N) is 2. The molecular formula is C17H16N2O6S. The van der Waals surface area contributed by atoms with E-state index in [1.54, 1.807) is 35.7 Å². The fourth-order valence-electron chi connectivity index (χ4n) is 2.16. The summed E-state index contributed by atoms with van der Waals surface area (Å²) < 4.78 is 15.3. The van der Waals surface area contributed by atoms with E-state index in [0.717, 1.165) is 0 Å². The molecule has 8 nitrogen and oxygen atoms in total. The minimum atomic E-state index is -0.572. The van der Waals surface area contributed by atoms with Crippen molar-refractivity contribution in [2.24, 2.45) is 0 Å². The fraction of sp³-hybridized carbons (Fsp3) is 0.235. The first-order valence-corrected chi connectivity index (χ1v) is 8.66. The van der Waals surface area contributed by atoms with Crippen molar-refractivity contribution in [1.29, 1.82) is 0 Å². The predicted octanol–water partition coefficient (Wildman–Crippen LogP) is 1.78. The maximum absolute atomic E-state index is 11.8. The van der Waals surface area contributed by atoms with E-state index in [9.17, 15) is 14.4 Å². The van der Waals surface area contributed by atoms with Gasteiger partial charge in [0.2, 0.25) is 6.79 Å². The normalized spacial score (nSPS) is 11.7. The van der Waals surface area contributed by atoms with E-state index in [1.165, 1.54) is 11.3 Å². The zero-order chi connectivity index (χ0) is 18.4. The van der Waals surface area contributed by atoms with Gasteiger partial charge < -0.3 is 24.8 Å². The maximum atomic E-state index is 11.8. The van der Waals surface area contributed by atoms with Gasteiger partial charge in [-0.05, 0) is 23.6 Å². The van der Waals surface area contributed by atoms with Crippen LogP contribution in [0.4, 0.5) is 5.69 Å². The Morgan fingerprint density at radius 2 is 2.00 bits per heavy atom. The average molecular weight is 376 g/mol. The number of amides is 2. The second-order valence-corrected chi connectivity index (χ2v) is 6.21. The minimum absolute atomic E-state index is 0.0194. The molecule has 0 atom stereocenters. The topological polar surface area (TPSA) is 103 Å². The van der Waals surface area contributed by atoms with Crippen molar-refractivity contribution in [1.82, 2.24) is 5.32 Å². The zero-order valence-corrected chi connectivity index (χ0v) is 14.5. The summed E-state index contributed by atoms with van der Waals surface area (Å²) >= 11 is 1.31. The van der Waals surface area contributed by atoms with Crippen LogP contribution in [0.5, 0.6) is 11.5 Å². The molecule has 1 aromatic carbocycles. The average Bonchev–Trinajstić information content (AvgIpc) is 3.31. The highest BCUT2D eigenvalue weighted by Gasteiger charge is 2.15. The molecule has 0 fully saturated rings. The highest BCUT2D eigenvalue weighted by Crippen LogP contribution is 2.34. The van der Waals surface area contributed by atoms with E-state index in [2.05, 4.69) is 10.6 Å². The van der Waals surface area contributed by atoms with Gasteiger partial charge in [-0.2, -0.15) is 0 Å². The molecule has 1 aromatic heterocycles. The van der Waals surface area contributed by atoms with E-state index >= 15 is 0 Å². The fourth-order valence-corrected chi connectivity index (χ4v) is 2.80. The quantitative estimate of drug-likeness (QED) is 0.714. The first-order valence-electron chi connectivity index (χ1n) is 7.78. The van der Waals surface area contributed by atoms with Gasteiger partial charge in [-0.25, -0.2) is 0 Å². The van der Waals surface area contributed by atoms with Gasteiger partial charge in [-0.1, -0.05) is 6.07 Å². The molecule has 0 unspecified atom stereocenters. The number of ether oxygens (including phenoxy) is 3. The summed E-state index contributed by atoms with van der Waals surface area (Å²) in [6.45, 7) is -0.126. The molecule has 2 amide bonds. The van der Waals surface area contributed by atoms with Crippen molar-refractivity contribution in [2.75, 3.05) is 25.3 Å². The number of carbonyl (C=O) groups is 3. The van der Waals surface area contributed by atoms with Crippen LogP contribution >= 0.6 is 11.3 Å². The van der Waals surface area contributed by atoms with Crippen LogP contribution in [0.3, 0.4) is 0 Å². The van der Waals surface area contributed by atoms with Crippen LogP contribution in [0, 0.1) is 0 Å². The lowest BCUT2D eigenvalue weighted by Crippen LogP contribution is -2.27. The van der Waals surface area contributed by atoms with Gasteiger partial charge in [0.1, 0.15) is 0 Å². The second kappa shape index (κ2) is 8.34. The number of anilines is 1. The van der Waals surface area contributed by atoms with Crippen LogP contribution in [-0.4, -0.2) is 37.7 Å². The predicted molar refractivity (Wildman–Crippen MR) is 93.4 cm³/mol. The third-order valence-corrected chi connectivity index (χ3v) is 4.25. The van der Waals surface area contributed by atoms with Crippen LogP contribution in [0.1, 0.15) is 16.1 Å². The van der Waals surface area contributed by atoms with Gasteiger partial charge in [0.15, 0.2) is 18.1 Å². The molecule has 0 spiro atoms. The molecule has 3 rings (SSSR count). The molecule has 0 radical (unpaired) electrons. The van der Waals surface area contributed by atoms with E-state index in [-0.39, 0.29) is 25.7 Å². The highest BCUT2D eigenvalue weighted by molar-refractivity contribution is 7.12. The van der Waals surface area contributed by atoms with Gasteiger partial charge in [-0.15, -0.1) is 11.3 Å². The Bertz CT molecular complexity index is 806. The number of fused-ring (bicyclic) bond motifs is 1. The van der Waals surface area contributed by atoms with Gasteiger partial charge in [0, 0.05) is 18.3 Å². The van der Waals surface area contributed by atoms with Gasteiger partial charge >= 0.3 is 5.97 Å². The Morgan fingerprint density at radius 1 is 1.15 bits per heavy atom. The van der Waals surface area contributed by atoms with Crippen molar-refractivity contribution in [3.05, 3.63) is 40.6 Å². The Labute approximate surface area is 153 Å². The largest absolute Gasteiger partial charge is 0.456 e. The van der Waals surface area contributed by atoms with Crippen LogP contribution in [0.2, 0.25) is 0 Å². The Kier molecular flexibility index (Phi) is 5.69. The third kappa shape index (κ3) is 4.73. The van der Waals surface area contributed by atoms with E-state index in [4.69, 9.17) is 14.2 Å². The van der Waals surface area contributed by atoms with Crippen LogP contribution in [0.25, 0.3) is 0 Å². The lowest BCUT2D eigenvalue weighted by molar-refractivity contribution is -0.147. The molecule has 0 saturated carbocycles. The van der Waals surface area contributed by atoms with Crippen molar-refractivity contribution >= 4 is 34.8 Å². The number of rotatable bonds is 7. The van der Waals surface area contributed by atoms with E-state index in [0.29, 0.717) is 22.1 Å². The number of thiophene rings is 1. The third-order valence-electron chi connectivity index (χ3n) is 3.38. The molecule has 2 heterocycles. The second-order valence-electron chi connectivity index (χ2n) is 5.26. The number of benzene rings is 1. The lowest BCUT2D eigenvalue weighted by atomic mass is 10.3. The minimum Gasteiger partial charge on any atom is -0.456 e.